The minimum absolute atomic E-state index is 0.235. The van der Waals surface area contributed by atoms with Gasteiger partial charge in [0.25, 0.3) is 11.8 Å². The first kappa shape index (κ1) is 44.3. The van der Waals surface area contributed by atoms with Crippen LogP contribution in [-0.4, -0.2) is 182 Å². The Kier molecular flexibility index (Phi) is 28.7. The lowest BCUT2D eigenvalue weighted by molar-refractivity contribution is -0.137. The van der Waals surface area contributed by atoms with E-state index in [1.807, 2.05) is 0 Å². The molecule has 0 spiro atoms. The van der Waals surface area contributed by atoms with Crippen molar-refractivity contribution in [2.75, 3.05) is 159 Å². The Labute approximate surface area is 300 Å². The first-order chi connectivity index (χ1) is 25.2. The van der Waals surface area contributed by atoms with E-state index in [1.54, 1.807) is 24.3 Å². The van der Waals surface area contributed by atoms with Crippen LogP contribution in [0.25, 0.3) is 0 Å². The standard InChI is InChI=1S/C35H55NO15/c37-31-32-1-3-33(4-2-32)51-30-29-50-28-27-49-26-25-48-24-23-47-22-21-46-20-19-45-18-17-44-16-15-43-14-13-42-12-11-41-10-9-40-8-7-36-34(38)5-6-35(36)39/h1-6,31H,7-30H2. The molecular formula is C35H55NO15. The van der Waals surface area contributed by atoms with Crippen LogP contribution in [0.4, 0.5) is 0 Å². The number of imide groups is 1. The molecule has 0 saturated heterocycles. The molecule has 1 heterocycles. The quantitative estimate of drug-likeness (QED) is 0.0537. The molecule has 0 aromatic heterocycles. The van der Waals surface area contributed by atoms with Crippen LogP contribution in [0.2, 0.25) is 0 Å². The number of aldehydes is 1. The van der Waals surface area contributed by atoms with Crippen LogP contribution in [-0.2, 0) is 61.7 Å². The van der Waals surface area contributed by atoms with E-state index in [4.69, 9.17) is 56.8 Å². The Morgan fingerprint density at radius 3 is 0.961 bits per heavy atom. The molecule has 0 fully saturated rings. The second kappa shape index (κ2) is 33.0. The molecular weight excluding hydrogens is 674 g/mol. The number of benzene rings is 1. The lowest BCUT2D eigenvalue weighted by atomic mass is 10.2. The van der Waals surface area contributed by atoms with E-state index in [2.05, 4.69) is 0 Å². The van der Waals surface area contributed by atoms with E-state index in [0.717, 1.165) is 11.2 Å². The molecule has 16 heteroatoms. The van der Waals surface area contributed by atoms with Crippen molar-refractivity contribution in [3.63, 3.8) is 0 Å². The number of nitrogens with zero attached hydrogens (tertiary/aromatic N) is 1. The number of hydrogen-bond acceptors (Lipinski definition) is 15. The van der Waals surface area contributed by atoms with E-state index in [-0.39, 0.29) is 25.0 Å². The molecule has 0 unspecified atom stereocenters. The van der Waals surface area contributed by atoms with Gasteiger partial charge in [-0.15, -0.1) is 0 Å². The van der Waals surface area contributed by atoms with Gasteiger partial charge in [-0.1, -0.05) is 0 Å². The maximum atomic E-state index is 11.4. The smallest absolute Gasteiger partial charge is 0.253 e. The van der Waals surface area contributed by atoms with Crippen molar-refractivity contribution in [2.24, 2.45) is 0 Å². The number of hydrogen-bond donors (Lipinski definition) is 0. The Bertz CT molecular complexity index is 1010. The highest BCUT2D eigenvalue weighted by Crippen LogP contribution is 2.10. The summed E-state index contributed by atoms with van der Waals surface area (Å²) in [6.07, 6.45) is 3.30. The van der Waals surface area contributed by atoms with Crippen LogP contribution in [0, 0.1) is 0 Å². The van der Waals surface area contributed by atoms with Crippen molar-refractivity contribution >= 4 is 18.1 Å². The van der Waals surface area contributed by atoms with Crippen LogP contribution in [0.15, 0.2) is 36.4 Å². The van der Waals surface area contributed by atoms with E-state index >= 15 is 0 Å². The van der Waals surface area contributed by atoms with Crippen LogP contribution >= 0.6 is 0 Å². The summed E-state index contributed by atoms with van der Waals surface area (Å²) in [5.74, 6) is 0.0777. The summed E-state index contributed by atoms with van der Waals surface area (Å²) in [5, 5.41) is 0. The number of carbonyl (C=O) groups excluding carboxylic acids is 3. The first-order valence-corrected chi connectivity index (χ1v) is 17.3. The maximum Gasteiger partial charge on any atom is 0.253 e. The van der Waals surface area contributed by atoms with Gasteiger partial charge in [0.1, 0.15) is 18.6 Å². The Morgan fingerprint density at radius 1 is 0.392 bits per heavy atom. The molecule has 0 aliphatic carbocycles. The van der Waals surface area contributed by atoms with Gasteiger partial charge in [-0.25, -0.2) is 0 Å². The molecule has 0 bridgehead atoms. The summed E-state index contributed by atoms with van der Waals surface area (Å²) in [7, 11) is 0. The third-order valence-corrected chi connectivity index (χ3v) is 6.59. The molecule has 0 radical (unpaired) electrons. The van der Waals surface area contributed by atoms with Crippen molar-refractivity contribution in [1.29, 1.82) is 0 Å². The third-order valence-electron chi connectivity index (χ3n) is 6.59. The molecule has 1 aromatic carbocycles. The number of carbonyl (C=O) groups is 3. The zero-order valence-electron chi connectivity index (χ0n) is 29.6. The van der Waals surface area contributed by atoms with Gasteiger partial charge >= 0.3 is 0 Å². The van der Waals surface area contributed by atoms with E-state index < -0.39 is 0 Å². The summed E-state index contributed by atoms with van der Waals surface area (Å²) in [6.45, 7) is 10.7. The fourth-order valence-corrected chi connectivity index (χ4v) is 3.97. The minimum atomic E-state index is -0.310. The molecule has 2 amide bonds. The summed E-state index contributed by atoms with van der Waals surface area (Å²) < 4.78 is 65.5. The molecule has 51 heavy (non-hydrogen) atoms. The van der Waals surface area contributed by atoms with Gasteiger partial charge in [0, 0.05) is 17.7 Å². The highest BCUT2D eigenvalue weighted by atomic mass is 16.6. The van der Waals surface area contributed by atoms with Gasteiger partial charge in [-0.3, -0.25) is 19.3 Å². The van der Waals surface area contributed by atoms with Gasteiger partial charge in [0.2, 0.25) is 0 Å². The fourth-order valence-electron chi connectivity index (χ4n) is 3.97. The molecule has 0 atom stereocenters. The third kappa shape index (κ3) is 25.7. The number of rotatable bonds is 38. The highest BCUT2D eigenvalue weighted by molar-refractivity contribution is 6.12. The molecule has 1 aliphatic heterocycles. The van der Waals surface area contributed by atoms with Crippen molar-refractivity contribution < 1.29 is 71.2 Å². The zero-order valence-corrected chi connectivity index (χ0v) is 29.6. The number of amides is 2. The summed E-state index contributed by atoms with van der Waals surface area (Å²) in [5.41, 5.74) is 0.612. The van der Waals surface area contributed by atoms with Gasteiger partial charge in [-0.05, 0) is 24.3 Å². The maximum absolute atomic E-state index is 11.4. The summed E-state index contributed by atoms with van der Waals surface area (Å²) >= 11 is 0. The average molecular weight is 730 g/mol. The van der Waals surface area contributed by atoms with Crippen molar-refractivity contribution in [2.45, 2.75) is 0 Å². The zero-order chi connectivity index (χ0) is 36.3. The van der Waals surface area contributed by atoms with Crippen molar-refractivity contribution in [1.82, 2.24) is 4.90 Å². The second-order valence-corrected chi connectivity index (χ2v) is 10.4. The molecule has 2 rings (SSSR count). The van der Waals surface area contributed by atoms with E-state index in [1.165, 1.54) is 12.2 Å². The van der Waals surface area contributed by atoms with Gasteiger partial charge in [0.15, 0.2) is 0 Å². The van der Waals surface area contributed by atoms with Gasteiger partial charge in [0.05, 0.1) is 152 Å². The van der Waals surface area contributed by atoms with Crippen molar-refractivity contribution in [3.05, 3.63) is 42.0 Å². The molecule has 290 valence electrons. The Balaban J connectivity index is 1.14. The summed E-state index contributed by atoms with van der Waals surface area (Å²) in [6, 6.07) is 6.91. The highest BCUT2D eigenvalue weighted by Gasteiger charge is 2.22. The Hall–Kier alpha value is -2.87. The van der Waals surface area contributed by atoms with Crippen molar-refractivity contribution in [3.8, 4) is 5.75 Å². The molecule has 1 aromatic rings. The molecule has 0 saturated carbocycles. The average Bonchev–Trinajstić information content (AvgIpc) is 3.47. The largest absolute Gasteiger partial charge is 0.491 e. The fraction of sp³-hybridized carbons (Fsp3) is 0.686. The van der Waals surface area contributed by atoms with Crippen LogP contribution < -0.4 is 4.74 Å². The topological polar surface area (TPSA) is 165 Å². The van der Waals surface area contributed by atoms with Gasteiger partial charge < -0.3 is 56.8 Å². The lowest BCUT2D eigenvalue weighted by Crippen LogP contribution is -2.33. The van der Waals surface area contributed by atoms with Crippen LogP contribution in [0.1, 0.15) is 10.4 Å². The number of ether oxygens (including phenoxy) is 12. The summed E-state index contributed by atoms with van der Waals surface area (Å²) in [4.78, 5) is 34.6. The van der Waals surface area contributed by atoms with E-state index in [9.17, 15) is 14.4 Å². The Morgan fingerprint density at radius 2 is 0.667 bits per heavy atom. The van der Waals surface area contributed by atoms with Crippen LogP contribution in [0.5, 0.6) is 5.75 Å². The minimum Gasteiger partial charge on any atom is -0.491 e. The SMILES string of the molecule is O=Cc1ccc(OCCOCCOCCOCCOCCOCCOCCOCCOCCOCCOCCOCCN2C(=O)C=CC2=O)cc1. The second-order valence-electron chi connectivity index (χ2n) is 10.4. The monoisotopic (exact) mass is 729 g/mol. The molecule has 1 aliphatic rings. The molecule has 16 nitrogen and oxygen atoms in total. The normalized spacial score (nSPS) is 12.7. The predicted octanol–water partition coefficient (Wildman–Crippen LogP) is 0.986. The van der Waals surface area contributed by atoms with Crippen LogP contribution in [0.3, 0.4) is 0 Å². The first-order valence-electron chi connectivity index (χ1n) is 17.3. The molecule has 0 N–H and O–H groups in total. The van der Waals surface area contributed by atoms with Gasteiger partial charge in [-0.2, -0.15) is 0 Å². The predicted molar refractivity (Wildman–Crippen MR) is 182 cm³/mol. The lowest BCUT2D eigenvalue weighted by Gasteiger charge is -2.13. The van der Waals surface area contributed by atoms with E-state index in [0.29, 0.717) is 157 Å².